The minimum atomic E-state index is 0.431. The third-order valence-electron chi connectivity index (χ3n) is 3.13. The number of rotatable bonds is 3. The average molecular weight is 336 g/mol. The van der Waals surface area contributed by atoms with Gasteiger partial charge in [0.2, 0.25) is 5.69 Å². The minimum absolute atomic E-state index is 0.431. The molecule has 3 heterocycles. The number of hydrogen-bond acceptors (Lipinski definition) is 4. The first kappa shape index (κ1) is 14.2. The number of aromatic amines is 1. The predicted molar refractivity (Wildman–Crippen MR) is 88.6 cm³/mol. The van der Waals surface area contributed by atoms with Crippen LogP contribution in [0.15, 0.2) is 17.8 Å². The van der Waals surface area contributed by atoms with Crippen LogP contribution in [0.4, 0.5) is 5.69 Å². The molecule has 0 aromatic carbocycles. The molecule has 21 heavy (non-hydrogen) atoms. The molecule has 8 heteroatoms. The second-order valence-corrected chi connectivity index (χ2v) is 5.99. The molecule has 0 unspecified atom stereocenters. The van der Waals surface area contributed by atoms with Gasteiger partial charge in [0, 0.05) is 13.1 Å². The van der Waals surface area contributed by atoms with E-state index in [0.29, 0.717) is 34.0 Å². The van der Waals surface area contributed by atoms with Gasteiger partial charge in [-0.2, -0.15) is 0 Å². The van der Waals surface area contributed by atoms with Gasteiger partial charge in [0.05, 0.1) is 39.5 Å². The lowest BCUT2D eigenvalue weighted by Crippen LogP contribution is -2.10. The molecule has 0 saturated carbocycles. The van der Waals surface area contributed by atoms with Crippen molar-refractivity contribution in [2.24, 2.45) is 5.73 Å². The Morgan fingerprint density at radius 3 is 3.00 bits per heavy atom. The molecule has 0 saturated heterocycles. The van der Waals surface area contributed by atoms with Crippen LogP contribution >= 0.6 is 35.2 Å². The van der Waals surface area contributed by atoms with Crippen LogP contribution in [0.5, 0.6) is 0 Å². The molecule has 3 aromatic heterocycles. The van der Waals surface area contributed by atoms with Crippen LogP contribution in [0.3, 0.4) is 0 Å². The van der Waals surface area contributed by atoms with Gasteiger partial charge in [-0.3, -0.25) is 0 Å². The summed E-state index contributed by atoms with van der Waals surface area (Å²) in [7, 11) is 0. The van der Waals surface area contributed by atoms with E-state index >= 15 is 0 Å². The molecule has 0 aliphatic heterocycles. The Kier molecular flexibility index (Phi) is 3.78. The van der Waals surface area contributed by atoms with Crippen LogP contribution in [0.1, 0.15) is 0 Å². The maximum absolute atomic E-state index is 7.52. The van der Waals surface area contributed by atoms with Crippen molar-refractivity contribution in [3.05, 3.63) is 38.9 Å². The van der Waals surface area contributed by atoms with E-state index in [2.05, 4.69) is 14.8 Å². The monoisotopic (exact) mass is 335 g/mol. The van der Waals surface area contributed by atoms with Gasteiger partial charge >= 0.3 is 0 Å². The Morgan fingerprint density at radius 2 is 2.38 bits per heavy atom. The quantitative estimate of drug-likeness (QED) is 0.562. The zero-order valence-corrected chi connectivity index (χ0v) is 13.1. The number of thiophene rings is 1. The number of hydrogen-bond donors (Lipinski definition) is 2. The van der Waals surface area contributed by atoms with Crippen molar-refractivity contribution in [1.29, 1.82) is 0 Å². The third kappa shape index (κ3) is 2.17. The van der Waals surface area contributed by atoms with Crippen LogP contribution < -0.4 is 5.73 Å². The van der Waals surface area contributed by atoms with Crippen molar-refractivity contribution in [3.8, 4) is 10.6 Å². The second kappa shape index (κ2) is 5.58. The maximum Gasteiger partial charge on any atom is 0.236 e. The van der Waals surface area contributed by atoms with Gasteiger partial charge in [0.15, 0.2) is 4.64 Å². The number of aromatic nitrogens is 3. The van der Waals surface area contributed by atoms with Crippen LogP contribution in [0, 0.1) is 11.2 Å². The third-order valence-corrected chi connectivity index (χ3v) is 4.77. The molecule has 0 atom stereocenters. The SMILES string of the molecule is [C-]#[N+]c1c(-c2sccc2Cl)n(CCN)c2c(=S)nc[nH]c12. The number of nitrogens with zero attached hydrogens (tertiary/aromatic N) is 3. The summed E-state index contributed by atoms with van der Waals surface area (Å²) in [6.07, 6.45) is 1.51. The van der Waals surface area contributed by atoms with Crippen molar-refractivity contribution in [2.45, 2.75) is 6.54 Å². The topological polar surface area (TPSA) is 64.0 Å². The number of halogens is 1. The van der Waals surface area contributed by atoms with Crippen molar-refractivity contribution in [1.82, 2.24) is 14.5 Å². The fraction of sp³-hybridized carbons (Fsp3) is 0.154. The van der Waals surface area contributed by atoms with Gasteiger partial charge in [-0.1, -0.05) is 23.8 Å². The lowest BCUT2D eigenvalue weighted by molar-refractivity contribution is 0.741. The first-order chi connectivity index (χ1) is 10.2. The Morgan fingerprint density at radius 1 is 1.57 bits per heavy atom. The molecule has 0 fully saturated rings. The van der Waals surface area contributed by atoms with Crippen LogP contribution in [0.2, 0.25) is 5.02 Å². The zero-order valence-electron chi connectivity index (χ0n) is 10.8. The number of nitrogens with one attached hydrogen (secondary N) is 1. The van der Waals surface area contributed by atoms with E-state index in [1.54, 1.807) is 0 Å². The van der Waals surface area contributed by atoms with E-state index in [1.165, 1.54) is 17.7 Å². The first-order valence-electron chi connectivity index (χ1n) is 6.09. The molecular weight excluding hydrogens is 326 g/mol. The lowest BCUT2D eigenvalue weighted by Gasteiger charge is -2.09. The van der Waals surface area contributed by atoms with E-state index < -0.39 is 0 Å². The average Bonchev–Trinajstić information content (AvgIpc) is 3.01. The van der Waals surface area contributed by atoms with E-state index in [0.717, 1.165) is 16.1 Å². The maximum atomic E-state index is 7.52. The molecule has 0 amide bonds. The molecule has 0 radical (unpaired) electrons. The zero-order chi connectivity index (χ0) is 15.0. The highest BCUT2D eigenvalue weighted by Gasteiger charge is 2.22. The number of H-pyrrole nitrogens is 1. The van der Waals surface area contributed by atoms with Crippen molar-refractivity contribution >= 4 is 51.9 Å². The molecule has 0 aliphatic rings. The summed E-state index contributed by atoms with van der Waals surface area (Å²) < 4.78 is 2.38. The first-order valence-corrected chi connectivity index (χ1v) is 7.76. The number of nitrogens with two attached hydrogens (primary N) is 1. The molecule has 0 bridgehead atoms. The highest BCUT2D eigenvalue weighted by Crippen LogP contribution is 2.44. The van der Waals surface area contributed by atoms with E-state index in [9.17, 15) is 0 Å². The highest BCUT2D eigenvalue weighted by atomic mass is 35.5. The van der Waals surface area contributed by atoms with Crippen LogP contribution in [-0.4, -0.2) is 21.1 Å². The van der Waals surface area contributed by atoms with Crippen molar-refractivity contribution in [2.75, 3.05) is 6.54 Å². The summed E-state index contributed by atoms with van der Waals surface area (Å²) in [6, 6.07) is 1.82. The van der Waals surface area contributed by atoms with Gasteiger partial charge in [0.1, 0.15) is 0 Å². The van der Waals surface area contributed by atoms with E-state index in [-0.39, 0.29) is 0 Å². The Bertz CT molecular complexity index is 915. The molecule has 5 nitrogen and oxygen atoms in total. The van der Waals surface area contributed by atoms with Gasteiger partial charge in [-0.25, -0.2) is 9.83 Å². The lowest BCUT2D eigenvalue weighted by atomic mass is 10.3. The van der Waals surface area contributed by atoms with E-state index in [1.807, 2.05) is 16.0 Å². The summed E-state index contributed by atoms with van der Waals surface area (Å²) >= 11 is 13.1. The smallest absolute Gasteiger partial charge is 0.236 e. The normalized spacial score (nSPS) is 10.9. The summed E-state index contributed by atoms with van der Waals surface area (Å²) in [5.74, 6) is 0. The Balaban J connectivity index is 2.51. The summed E-state index contributed by atoms with van der Waals surface area (Å²) in [4.78, 5) is 11.6. The van der Waals surface area contributed by atoms with Crippen LogP contribution in [0.25, 0.3) is 26.4 Å². The van der Waals surface area contributed by atoms with Crippen molar-refractivity contribution < 1.29 is 0 Å². The molecule has 106 valence electrons. The molecule has 0 spiro atoms. The standard InChI is InChI=1S/C13H10ClN5S2/c1-16-8-9-11(13(20)18-6-17-9)19(4-3-15)10(8)12-7(14)2-5-21-12/h2,5-6H,3-4,15H2,(H,17,18,20). The van der Waals surface area contributed by atoms with Gasteiger partial charge in [-0.15, -0.1) is 11.3 Å². The summed E-state index contributed by atoms with van der Waals surface area (Å²) in [5.41, 5.74) is 8.37. The second-order valence-electron chi connectivity index (χ2n) is 4.28. The fourth-order valence-corrected chi connectivity index (χ4v) is 3.80. The summed E-state index contributed by atoms with van der Waals surface area (Å²) in [6.45, 7) is 8.49. The fourth-order valence-electron chi connectivity index (χ4n) is 2.34. The van der Waals surface area contributed by atoms with Gasteiger partial charge in [-0.05, 0) is 11.4 Å². The summed E-state index contributed by atoms with van der Waals surface area (Å²) in [5, 5.41) is 2.51. The minimum Gasteiger partial charge on any atom is -0.354 e. The Labute approximate surface area is 134 Å². The molecule has 3 rings (SSSR count). The molecular formula is C13H10ClN5S2. The predicted octanol–water partition coefficient (Wildman–Crippen LogP) is 3.99. The van der Waals surface area contributed by atoms with Crippen LogP contribution in [-0.2, 0) is 6.54 Å². The molecule has 0 aliphatic carbocycles. The molecule has 3 aromatic rings. The Hall–Kier alpha value is -1.72. The van der Waals surface area contributed by atoms with Gasteiger partial charge in [0.25, 0.3) is 0 Å². The largest absolute Gasteiger partial charge is 0.354 e. The molecule has 3 N–H and O–H groups in total. The van der Waals surface area contributed by atoms with Crippen molar-refractivity contribution in [3.63, 3.8) is 0 Å². The highest BCUT2D eigenvalue weighted by molar-refractivity contribution is 7.71. The number of fused-ring (bicyclic) bond motifs is 1. The van der Waals surface area contributed by atoms with E-state index in [4.69, 9.17) is 36.1 Å². The van der Waals surface area contributed by atoms with Gasteiger partial charge < -0.3 is 15.3 Å².